The molecule has 0 aliphatic heterocycles. The zero-order valence-corrected chi connectivity index (χ0v) is 9.21. The van der Waals surface area contributed by atoms with Crippen LogP contribution >= 0.6 is 0 Å². The topological polar surface area (TPSA) is 18.5 Å². The summed E-state index contributed by atoms with van der Waals surface area (Å²) in [6.07, 6.45) is 7.10. The van der Waals surface area contributed by atoms with E-state index in [1.807, 2.05) is 6.92 Å². The van der Waals surface area contributed by atoms with Gasteiger partial charge in [-0.2, -0.15) is 0 Å². The van der Waals surface area contributed by atoms with Gasteiger partial charge in [-0.15, -0.1) is 0 Å². The molecule has 0 aromatic carbocycles. The molecule has 1 radical (unpaired) electrons. The molecular weight excluding hydrogens is 163 g/mol. The summed E-state index contributed by atoms with van der Waals surface area (Å²) in [5.74, 6) is 0. The number of hydrogen-bond acceptors (Lipinski definition) is 2. The van der Waals surface area contributed by atoms with Crippen molar-refractivity contribution in [3.63, 3.8) is 0 Å². The van der Waals surface area contributed by atoms with Gasteiger partial charge in [0.25, 0.3) is 0 Å². The molecular formula is C10H22BO2. The van der Waals surface area contributed by atoms with E-state index in [9.17, 15) is 0 Å². The lowest BCUT2D eigenvalue weighted by Gasteiger charge is -2.14. The van der Waals surface area contributed by atoms with Gasteiger partial charge in [0.15, 0.2) is 0 Å². The molecule has 0 N–H and O–H groups in total. The maximum atomic E-state index is 5.22. The van der Waals surface area contributed by atoms with Gasteiger partial charge in [-0.1, -0.05) is 46.4 Å². The van der Waals surface area contributed by atoms with Crippen LogP contribution in [0.2, 0.25) is 6.32 Å². The minimum atomic E-state index is 0.273. The molecule has 0 heterocycles. The van der Waals surface area contributed by atoms with Crippen LogP contribution in [0.3, 0.4) is 0 Å². The van der Waals surface area contributed by atoms with Crippen molar-refractivity contribution < 1.29 is 9.69 Å². The molecule has 0 rings (SSSR count). The molecule has 0 saturated heterocycles. The summed E-state index contributed by atoms with van der Waals surface area (Å²) in [4.78, 5) is 10.2. The van der Waals surface area contributed by atoms with Crippen molar-refractivity contribution in [2.45, 2.75) is 65.3 Å². The number of unbranched alkanes of at least 4 members (excludes halogenated alkanes) is 2. The first-order chi connectivity index (χ1) is 6.35. The van der Waals surface area contributed by atoms with E-state index >= 15 is 0 Å². The van der Waals surface area contributed by atoms with Crippen LogP contribution in [0.1, 0.15) is 52.9 Å². The fourth-order valence-electron chi connectivity index (χ4n) is 1.13. The van der Waals surface area contributed by atoms with Gasteiger partial charge >= 0.3 is 7.48 Å². The van der Waals surface area contributed by atoms with Gasteiger partial charge in [-0.3, -0.25) is 4.89 Å². The van der Waals surface area contributed by atoms with Crippen LogP contribution in [0.25, 0.3) is 0 Å². The van der Waals surface area contributed by atoms with E-state index in [0.29, 0.717) is 0 Å². The average Bonchev–Trinajstić information content (AvgIpc) is 2.16. The third-order valence-corrected chi connectivity index (χ3v) is 2.01. The minimum Gasteiger partial charge on any atom is -0.311 e. The molecule has 0 unspecified atom stereocenters. The third kappa shape index (κ3) is 8.32. The highest BCUT2D eigenvalue weighted by molar-refractivity contribution is 6.26. The number of rotatable bonds is 9. The fraction of sp³-hybridized carbons (Fsp3) is 1.00. The highest BCUT2D eigenvalue weighted by Crippen LogP contribution is 2.10. The summed E-state index contributed by atoms with van der Waals surface area (Å²) in [6, 6.07) is 0. The molecule has 0 saturated carbocycles. The van der Waals surface area contributed by atoms with Crippen LogP contribution in [0.4, 0.5) is 0 Å². The minimum absolute atomic E-state index is 0.273. The molecule has 0 amide bonds. The summed E-state index contributed by atoms with van der Waals surface area (Å²) in [5, 5.41) is 0. The van der Waals surface area contributed by atoms with Crippen LogP contribution in [0, 0.1) is 0 Å². The fourth-order valence-corrected chi connectivity index (χ4v) is 1.13. The Bertz CT molecular complexity index is 88.9. The highest BCUT2D eigenvalue weighted by atomic mass is 17.2. The third-order valence-electron chi connectivity index (χ3n) is 2.01. The largest absolute Gasteiger partial charge is 0.344 e. The van der Waals surface area contributed by atoms with Crippen molar-refractivity contribution in [3.05, 3.63) is 0 Å². The first-order valence-electron chi connectivity index (χ1n) is 5.48. The van der Waals surface area contributed by atoms with Crippen LogP contribution in [0.5, 0.6) is 0 Å². The molecule has 0 aromatic rings. The molecule has 0 fully saturated rings. The summed E-state index contributed by atoms with van der Waals surface area (Å²) in [7, 11) is 1.70. The van der Waals surface area contributed by atoms with Gasteiger partial charge in [0.1, 0.15) is 0 Å². The van der Waals surface area contributed by atoms with Gasteiger partial charge in [0.05, 0.1) is 6.10 Å². The molecule has 77 valence electrons. The molecule has 13 heavy (non-hydrogen) atoms. The summed E-state index contributed by atoms with van der Waals surface area (Å²) < 4.78 is 0. The first kappa shape index (κ1) is 13.0. The van der Waals surface area contributed by atoms with Crippen molar-refractivity contribution in [1.82, 2.24) is 0 Å². The van der Waals surface area contributed by atoms with Crippen molar-refractivity contribution >= 4 is 7.48 Å². The van der Waals surface area contributed by atoms with Gasteiger partial charge in [-0.05, 0) is 12.8 Å². The average molecular weight is 185 g/mol. The monoisotopic (exact) mass is 185 g/mol. The van der Waals surface area contributed by atoms with Crippen molar-refractivity contribution in [2.75, 3.05) is 0 Å². The maximum absolute atomic E-state index is 5.22. The predicted molar refractivity (Wildman–Crippen MR) is 56.6 cm³/mol. The van der Waals surface area contributed by atoms with E-state index in [2.05, 4.69) is 13.8 Å². The van der Waals surface area contributed by atoms with Gasteiger partial charge in [0.2, 0.25) is 0 Å². The summed E-state index contributed by atoms with van der Waals surface area (Å²) >= 11 is 0. The summed E-state index contributed by atoms with van der Waals surface area (Å²) in [5.41, 5.74) is 0. The second-order valence-electron chi connectivity index (χ2n) is 3.29. The quantitative estimate of drug-likeness (QED) is 0.237. The smallest absolute Gasteiger partial charge is 0.311 e. The van der Waals surface area contributed by atoms with E-state index in [1.165, 1.54) is 19.3 Å². The number of hydrogen-bond donors (Lipinski definition) is 0. The molecule has 0 spiro atoms. The lowest BCUT2D eigenvalue weighted by atomic mass is 9.99. The predicted octanol–water partition coefficient (Wildman–Crippen LogP) is 3.35. The van der Waals surface area contributed by atoms with Gasteiger partial charge in [-0.25, -0.2) is 0 Å². The second kappa shape index (κ2) is 10.1. The first-order valence-corrected chi connectivity index (χ1v) is 5.48. The van der Waals surface area contributed by atoms with Crippen molar-refractivity contribution in [3.8, 4) is 0 Å². The Morgan fingerprint density at radius 3 is 2.46 bits per heavy atom. The molecule has 0 aromatic heterocycles. The van der Waals surface area contributed by atoms with Crippen LogP contribution in [-0.4, -0.2) is 13.6 Å². The Labute approximate surface area is 83.2 Å². The Hall–Kier alpha value is -0.0151. The van der Waals surface area contributed by atoms with Crippen LogP contribution in [-0.2, 0) is 9.69 Å². The lowest BCUT2D eigenvalue weighted by Crippen LogP contribution is -2.13. The molecule has 0 aliphatic carbocycles. The molecule has 0 bridgehead atoms. The second-order valence-corrected chi connectivity index (χ2v) is 3.29. The standard InChI is InChI=1S/C10H22BO2/c1-4-7-8-9-10(5-2)12-13-11-6-3/h10H,4-9H2,1-3H3/t10-/m0/s1. The van der Waals surface area contributed by atoms with E-state index in [-0.39, 0.29) is 6.10 Å². The van der Waals surface area contributed by atoms with Crippen LogP contribution in [0.15, 0.2) is 0 Å². The van der Waals surface area contributed by atoms with Gasteiger partial charge < -0.3 is 4.81 Å². The van der Waals surface area contributed by atoms with E-state index in [1.54, 1.807) is 7.48 Å². The van der Waals surface area contributed by atoms with Gasteiger partial charge in [0, 0.05) is 0 Å². The van der Waals surface area contributed by atoms with Crippen LogP contribution < -0.4 is 0 Å². The molecule has 0 aliphatic rings. The molecule has 1 atom stereocenters. The Morgan fingerprint density at radius 1 is 1.15 bits per heavy atom. The summed E-state index contributed by atoms with van der Waals surface area (Å²) in [6.45, 7) is 6.37. The maximum Gasteiger partial charge on any atom is 0.344 e. The van der Waals surface area contributed by atoms with Crippen molar-refractivity contribution in [1.29, 1.82) is 0 Å². The zero-order chi connectivity index (χ0) is 9.94. The van der Waals surface area contributed by atoms with E-state index in [4.69, 9.17) is 9.69 Å². The van der Waals surface area contributed by atoms with E-state index < -0.39 is 0 Å². The lowest BCUT2D eigenvalue weighted by molar-refractivity contribution is -0.249. The zero-order valence-electron chi connectivity index (χ0n) is 9.21. The molecule has 2 nitrogen and oxygen atoms in total. The van der Waals surface area contributed by atoms with E-state index in [0.717, 1.165) is 19.2 Å². The Balaban J connectivity index is 3.28. The molecule has 3 heteroatoms. The van der Waals surface area contributed by atoms with Crippen molar-refractivity contribution in [2.24, 2.45) is 0 Å². The SMILES string of the molecule is CC[B]OO[C@@H](CC)CCCCC. The highest BCUT2D eigenvalue weighted by Gasteiger charge is 2.06. The Kier molecular flexibility index (Phi) is 10.1. The normalized spacial score (nSPS) is 12.8. The Morgan fingerprint density at radius 2 is 1.92 bits per heavy atom.